The van der Waals surface area contributed by atoms with Gasteiger partial charge in [-0.1, -0.05) is 33.1 Å². The number of nitrogens with zero attached hydrogens (tertiary/aromatic N) is 1. The Morgan fingerprint density at radius 2 is 1.67 bits per heavy atom. The van der Waals surface area contributed by atoms with Crippen LogP contribution < -0.4 is 5.73 Å². The van der Waals surface area contributed by atoms with Gasteiger partial charge in [0.25, 0.3) is 0 Å². The number of rotatable bonds is 2. The lowest BCUT2D eigenvalue weighted by molar-refractivity contribution is 0.165. The summed E-state index contributed by atoms with van der Waals surface area (Å²) in [7, 11) is 0. The molecule has 2 heteroatoms. The lowest BCUT2D eigenvalue weighted by atomic mass is 9.89. The summed E-state index contributed by atoms with van der Waals surface area (Å²) in [6.07, 6.45) is 10.9. The highest BCUT2D eigenvalue weighted by molar-refractivity contribution is 4.86. The first kappa shape index (κ1) is 14.3. The van der Waals surface area contributed by atoms with E-state index in [-0.39, 0.29) is 0 Å². The Balaban J connectivity index is 1.91. The highest BCUT2D eigenvalue weighted by Gasteiger charge is 2.28. The van der Waals surface area contributed by atoms with Crippen LogP contribution >= 0.6 is 0 Å². The van der Waals surface area contributed by atoms with Crippen LogP contribution in [0.4, 0.5) is 0 Å². The zero-order chi connectivity index (χ0) is 13.0. The summed E-state index contributed by atoms with van der Waals surface area (Å²) < 4.78 is 0. The van der Waals surface area contributed by atoms with Gasteiger partial charge in [-0.25, -0.2) is 0 Å². The molecular weight excluding hydrogens is 220 g/mol. The van der Waals surface area contributed by atoms with Crippen LogP contribution in [0.15, 0.2) is 0 Å². The van der Waals surface area contributed by atoms with E-state index in [1.165, 1.54) is 64.5 Å². The molecule has 0 aromatic rings. The Kier molecular flexibility index (Phi) is 5.50. The first-order valence-electron chi connectivity index (χ1n) is 8.18. The van der Waals surface area contributed by atoms with Gasteiger partial charge in [0, 0.05) is 12.1 Å². The second-order valence-corrected chi connectivity index (χ2v) is 6.84. The van der Waals surface area contributed by atoms with Crippen molar-refractivity contribution in [2.75, 3.05) is 13.1 Å². The third-order valence-electron chi connectivity index (χ3n) is 5.25. The smallest absolute Gasteiger partial charge is 0.0247 e. The molecule has 2 fully saturated rings. The maximum atomic E-state index is 6.41. The summed E-state index contributed by atoms with van der Waals surface area (Å²) in [6.45, 7) is 7.36. The SMILES string of the molecule is CC(C)C1CCCN(C2CCCCCC2N)CC1. The average Bonchev–Trinajstić information content (AvgIpc) is 2.68. The molecule has 2 nitrogen and oxygen atoms in total. The van der Waals surface area contributed by atoms with E-state index in [1.54, 1.807) is 0 Å². The Labute approximate surface area is 113 Å². The van der Waals surface area contributed by atoms with Crippen molar-refractivity contribution < 1.29 is 0 Å². The highest BCUT2D eigenvalue weighted by Crippen LogP contribution is 2.28. The van der Waals surface area contributed by atoms with Gasteiger partial charge < -0.3 is 5.73 Å². The largest absolute Gasteiger partial charge is 0.326 e. The maximum absolute atomic E-state index is 6.41. The van der Waals surface area contributed by atoms with Gasteiger partial charge in [-0.3, -0.25) is 4.90 Å². The van der Waals surface area contributed by atoms with Gasteiger partial charge in [-0.05, 0) is 57.0 Å². The number of likely N-dealkylation sites (tertiary alicyclic amines) is 1. The minimum absolute atomic E-state index is 0.433. The molecular formula is C16H32N2. The number of hydrogen-bond acceptors (Lipinski definition) is 2. The minimum atomic E-state index is 0.433. The van der Waals surface area contributed by atoms with Gasteiger partial charge in [0.2, 0.25) is 0 Å². The molecule has 3 atom stereocenters. The Hall–Kier alpha value is -0.0800. The fourth-order valence-corrected chi connectivity index (χ4v) is 3.91. The molecule has 3 unspecified atom stereocenters. The second-order valence-electron chi connectivity index (χ2n) is 6.84. The van der Waals surface area contributed by atoms with E-state index in [2.05, 4.69) is 18.7 Å². The van der Waals surface area contributed by atoms with Crippen molar-refractivity contribution in [1.82, 2.24) is 4.90 Å². The van der Waals surface area contributed by atoms with Crippen LogP contribution in [-0.2, 0) is 0 Å². The fourth-order valence-electron chi connectivity index (χ4n) is 3.91. The molecule has 1 saturated carbocycles. The molecule has 0 radical (unpaired) electrons. The van der Waals surface area contributed by atoms with Crippen LogP contribution in [0.3, 0.4) is 0 Å². The molecule has 0 bridgehead atoms. The monoisotopic (exact) mass is 252 g/mol. The van der Waals surface area contributed by atoms with Crippen LogP contribution in [-0.4, -0.2) is 30.1 Å². The van der Waals surface area contributed by atoms with Gasteiger partial charge >= 0.3 is 0 Å². The van der Waals surface area contributed by atoms with Gasteiger partial charge in [-0.2, -0.15) is 0 Å². The van der Waals surface area contributed by atoms with Gasteiger partial charge in [0.05, 0.1) is 0 Å². The maximum Gasteiger partial charge on any atom is 0.0247 e. The van der Waals surface area contributed by atoms with E-state index >= 15 is 0 Å². The van der Waals surface area contributed by atoms with E-state index in [4.69, 9.17) is 5.73 Å². The Bertz CT molecular complexity index is 239. The Morgan fingerprint density at radius 3 is 2.44 bits per heavy atom. The topological polar surface area (TPSA) is 29.3 Å². The predicted octanol–water partition coefficient (Wildman–Crippen LogP) is 3.40. The predicted molar refractivity (Wildman–Crippen MR) is 78.6 cm³/mol. The second kappa shape index (κ2) is 6.91. The first-order chi connectivity index (χ1) is 8.68. The zero-order valence-corrected chi connectivity index (χ0v) is 12.4. The molecule has 1 aliphatic heterocycles. The quantitative estimate of drug-likeness (QED) is 0.763. The fraction of sp³-hybridized carbons (Fsp3) is 1.00. The molecule has 106 valence electrons. The zero-order valence-electron chi connectivity index (χ0n) is 12.4. The van der Waals surface area contributed by atoms with Crippen LogP contribution in [0.5, 0.6) is 0 Å². The van der Waals surface area contributed by atoms with Crippen molar-refractivity contribution in [3.05, 3.63) is 0 Å². The summed E-state index contributed by atoms with van der Waals surface area (Å²) in [5, 5.41) is 0. The summed E-state index contributed by atoms with van der Waals surface area (Å²) >= 11 is 0. The Morgan fingerprint density at radius 1 is 0.889 bits per heavy atom. The summed E-state index contributed by atoms with van der Waals surface area (Å²) in [6, 6.07) is 1.11. The van der Waals surface area contributed by atoms with Crippen molar-refractivity contribution in [2.24, 2.45) is 17.6 Å². The van der Waals surface area contributed by atoms with Gasteiger partial charge in [0.15, 0.2) is 0 Å². The van der Waals surface area contributed by atoms with Crippen LogP contribution in [0.25, 0.3) is 0 Å². The molecule has 1 saturated heterocycles. The first-order valence-corrected chi connectivity index (χ1v) is 8.18. The van der Waals surface area contributed by atoms with Crippen molar-refractivity contribution in [3.8, 4) is 0 Å². The van der Waals surface area contributed by atoms with Crippen LogP contribution in [0.1, 0.15) is 65.2 Å². The van der Waals surface area contributed by atoms with E-state index in [1.807, 2.05) is 0 Å². The van der Waals surface area contributed by atoms with Crippen molar-refractivity contribution >= 4 is 0 Å². The standard InChI is InChI=1S/C16H32N2/c1-13(2)14-7-6-11-18(12-10-14)16-9-5-3-4-8-15(16)17/h13-16H,3-12,17H2,1-2H3. The summed E-state index contributed by atoms with van der Waals surface area (Å²) in [4.78, 5) is 2.73. The van der Waals surface area contributed by atoms with E-state index < -0.39 is 0 Å². The molecule has 1 aliphatic carbocycles. The molecule has 2 rings (SSSR count). The van der Waals surface area contributed by atoms with E-state index in [0.717, 1.165) is 11.8 Å². The van der Waals surface area contributed by atoms with E-state index in [9.17, 15) is 0 Å². The van der Waals surface area contributed by atoms with Crippen molar-refractivity contribution in [1.29, 1.82) is 0 Å². The normalized spacial score (nSPS) is 36.3. The third-order valence-corrected chi connectivity index (χ3v) is 5.25. The molecule has 2 aliphatic rings. The van der Waals surface area contributed by atoms with Crippen molar-refractivity contribution in [3.63, 3.8) is 0 Å². The third kappa shape index (κ3) is 3.71. The average molecular weight is 252 g/mol. The lowest BCUT2D eigenvalue weighted by Crippen LogP contribution is -2.47. The summed E-state index contributed by atoms with van der Waals surface area (Å²) in [5.74, 6) is 1.80. The number of nitrogens with two attached hydrogens (primary N) is 1. The van der Waals surface area contributed by atoms with Crippen molar-refractivity contribution in [2.45, 2.75) is 77.3 Å². The number of hydrogen-bond donors (Lipinski definition) is 1. The summed E-state index contributed by atoms with van der Waals surface area (Å²) in [5.41, 5.74) is 6.41. The molecule has 18 heavy (non-hydrogen) atoms. The van der Waals surface area contributed by atoms with Gasteiger partial charge in [-0.15, -0.1) is 0 Å². The molecule has 0 aromatic heterocycles. The lowest BCUT2D eigenvalue weighted by Gasteiger charge is -2.34. The molecule has 0 spiro atoms. The molecule has 0 amide bonds. The van der Waals surface area contributed by atoms with Crippen LogP contribution in [0, 0.1) is 11.8 Å². The van der Waals surface area contributed by atoms with Gasteiger partial charge in [0.1, 0.15) is 0 Å². The van der Waals surface area contributed by atoms with E-state index in [0.29, 0.717) is 12.1 Å². The highest BCUT2D eigenvalue weighted by atomic mass is 15.2. The van der Waals surface area contributed by atoms with Crippen LogP contribution in [0.2, 0.25) is 0 Å². The molecule has 2 N–H and O–H groups in total. The molecule has 1 heterocycles. The molecule has 0 aromatic carbocycles. The minimum Gasteiger partial charge on any atom is -0.326 e.